The lowest BCUT2D eigenvalue weighted by Crippen LogP contribution is -2.55. The second-order valence-corrected chi connectivity index (χ2v) is 21.9. The van der Waals surface area contributed by atoms with Crippen molar-refractivity contribution in [2.24, 2.45) is 17.8 Å². The highest BCUT2D eigenvalue weighted by molar-refractivity contribution is 7.11. The monoisotopic (exact) mass is 1090 g/mol. The van der Waals surface area contributed by atoms with Gasteiger partial charge in [0.15, 0.2) is 0 Å². The number of hydrogen-bond donors (Lipinski definition) is 3. The van der Waals surface area contributed by atoms with Crippen LogP contribution >= 0.6 is 34.7 Å². The van der Waals surface area contributed by atoms with Crippen LogP contribution in [0, 0.1) is 17.8 Å². The summed E-state index contributed by atoms with van der Waals surface area (Å²) in [7, 11) is 8.31. The number of rotatable bonds is 30. The summed E-state index contributed by atoms with van der Waals surface area (Å²) < 4.78 is 13.7. The standard InChI is InChI=1S/C54H79Cl2N7O10S/c1-11-35(4)48(42(72-9)32-44(65)62-28-18-21-41(62)49(73-10)36(5)51(67)58-40(54(70)71)31-38-19-14-12-15-20-38)61(8)45(66)33-57-52(68)47(34(2)3)59(6)30-27-37-23-25-39(26-24-37)60(7)43(64)22-16-13-17-29-63-53(69)46(55)50(56)74-63/h12,14-15,19-20,23-26,34-36,40-42,47-49H,11,13,16-18,21-22,27-33H2,1-10H3,(H,57,68)(H,58,67)(H,70,71). The van der Waals surface area contributed by atoms with Crippen LogP contribution in [0.25, 0.3) is 0 Å². The van der Waals surface area contributed by atoms with Crippen LogP contribution in [0.15, 0.2) is 59.4 Å². The van der Waals surface area contributed by atoms with Gasteiger partial charge in [-0.2, -0.15) is 0 Å². The molecule has 1 saturated heterocycles. The third-order valence-corrected chi connectivity index (χ3v) is 16.4. The van der Waals surface area contributed by atoms with E-state index in [1.54, 1.807) is 47.9 Å². The Morgan fingerprint density at radius 3 is 2.14 bits per heavy atom. The van der Waals surface area contributed by atoms with Crippen molar-refractivity contribution in [1.29, 1.82) is 0 Å². The summed E-state index contributed by atoms with van der Waals surface area (Å²) in [6.45, 7) is 10.8. The molecule has 1 aliphatic heterocycles. The number of nitrogens with one attached hydrogen (secondary N) is 2. The molecule has 0 saturated carbocycles. The van der Waals surface area contributed by atoms with Crippen LogP contribution < -0.4 is 21.1 Å². The summed E-state index contributed by atoms with van der Waals surface area (Å²) in [6, 6.07) is 14.2. The largest absolute Gasteiger partial charge is 0.480 e. The fraction of sp³-hybridized carbons (Fsp3) is 0.611. The van der Waals surface area contributed by atoms with Gasteiger partial charge in [-0.25, -0.2) is 4.79 Å². The van der Waals surface area contributed by atoms with Crippen molar-refractivity contribution in [2.75, 3.05) is 59.9 Å². The number of benzene rings is 2. The maximum atomic E-state index is 14.3. The quantitative estimate of drug-likeness (QED) is 0.0594. The molecule has 20 heteroatoms. The van der Waals surface area contributed by atoms with Gasteiger partial charge in [-0.05, 0) is 85.8 Å². The molecule has 0 spiro atoms. The Morgan fingerprint density at radius 2 is 1.55 bits per heavy atom. The number of likely N-dealkylation sites (N-methyl/N-ethyl adjacent to an activating group) is 2. The number of aromatic nitrogens is 1. The zero-order chi connectivity index (χ0) is 54.8. The van der Waals surface area contributed by atoms with Crippen molar-refractivity contribution >= 4 is 75.9 Å². The van der Waals surface area contributed by atoms with Crippen LogP contribution in [-0.4, -0.2) is 151 Å². The van der Waals surface area contributed by atoms with Crippen LogP contribution in [0.4, 0.5) is 5.69 Å². The number of aryl methyl sites for hydroxylation is 1. The lowest BCUT2D eigenvalue weighted by molar-refractivity contribution is -0.147. The van der Waals surface area contributed by atoms with Gasteiger partial charge in [0.25, 0.3) is 5.56 Å². The second kappa shape index (κ2) is 30.0. The highest BCUT2D eigenvalue weighted by Gasteiger charge is 2.42. The average molecular weight is 1090 g/mol. The fourth-order valence-corrected chi connectivity index (χ4v) is 11.3. The Morgan fingerprint density at radius 1 is 0.878 bits per heavy atom. The number of methoxy groups -OCH3 is 2. The molecule has 0 bridgehead atoms. The normalized spacial score (nSPS) is 16.5. The van der Waals surface area contributed by atoms with E-state index in [0.717, 1.165) is 41.2 Å². The maximum absolute atomic E-state index is 14.3. The first kappa shape index (κ1) is 61.7. The van der Waals surface area contributed by atoms with E-state index in [4.69, 9.17) is 32.7 Å². The van der Waals surface area contributed by atoms with E-state index >= 15 is 0 Å². The van der Waals surface area contributed by atoms with Crippen molar-refractivity contribution in [3.8, 4) is 0 Å². The summed E-state index contributed by atoms with van der Waals surface area (Å²) in [6.07, 6.45) is 3.79. The first-order valence-corrected chi connectivity index (χ1v) is 27.2. The molecule has 8 unspecified atom stereocenters. The van der Waals surface area contributed by atoms with E-state index in [1.165, 1.54) is 18.2 Å². The van der Waals surface area contributed by atoms with E-state index in [9.17, 15) is 38.7 Å². The second-order valence-electron chi connectivity index (χ2n) is 19.9. The van der Waals surface area contributed by atoms with Crippen molar-refractivity contribution in [2.45, 2.75) is 142 Å². The first-order chi connectivity index (χ1) is 35.1. The van der Waals surface area contributed by atoms with Crippen LogP contribution in [0.1, 0.15) is 97.1 Å². The van der Waals surface area contributed by atoms with Gasteiger partial charge in [0, 0.05) is 66.5 Å². The van der Waals surface area contributed by atoms with Gasteiger partial charge in [0.1, 0.15) is 15.4 Å². The van der Waals surface area contributed by atoms with Gasteiger partial charge in [-0.3, -0.25) is 37.6 Å². The molecule has 1 aromatic heterocycles. The van der Waals surface area contributed by atoms with E-state index in [2.05, 4.69) is 10.6 Å². The van der Waals surface area contributed by atoms with E-state index in [1.807, 2.05) is 82.1 Å². The first-order valence-electron chi connectivity index (χ1n) is 25.7. The molecule has 17 nitrogen and oxygen atoms in total. The lowest BCUT2D eigenvalue weighted by Gasteiger charge is -2.39. The Kier molecular flexibility index (Phi) is 25.0. The van der Waals surface area contributed by atoms with Crippen LogP contribution in [0.3, 0.4) is 0 Å². The molecular weight excluding hydrogens is 1010 g/mol. The van der Waals surface area contributed by atoms with E-state index in [0.29, 0.717) is 58.2 Å². The zero-order valence-corrected chi connectivity index (χ0v) is 47.1. The molecule has 8 atom stereocenters. The van der Waals surface area contributed by atoms with Crippen LogP contribution in [-0.2, 0) is 57.6 Å². The fourth-order valence-electron chi connectivity index (χ4n) is 9.95. The third-order valence-electron chi connectivity index (χ3n) is 14.5. The molecule has 4 rings (SSSR count). The van der Waals surface area contributed by atoms with Crippen LogP contribution in [0.5, 0.6) is 0 Å². The number of unbranched alkanes of at least 4 members (excludes halogenated alkanes) is 2. The summed E-state index contributed by atoms with van der Waals surface area (Å²) in [5, 5.41) is 15.6. The van der Waals surface area contributed by atoms with E-state index in [-0.39, 0.29) is 69.8 Å². The van der Waals surface area contributed by atoms with Crippen molar-refractivity contribution in [3.05, 3.63) is 85.4 Å². The van der Waals surface area contributed by atoms with Crippen molar-refractivity contribution < 1.29 is 43.3 Å². The van der Waals surface area contributed by atoms with Gasteiger partial charge in [-0.1, -0.05) is 113 Å². The summed E-state index contributed by atoms with van der Waals surface area (Å²) in [5.41, 5.74) is 2.29. The molecule has 2 heterocycles. The number of carboxylic acids is 1. The number of ether oxygens (including phenoxy) is 2. The van der Waals surface area contributed by atoms with Gasteiger partial charge in [0.05, 0.1) is 49.2 Å². The number of carbonyl (C=O) groups is 6. The lowest BCUT2D eigenvalue weighted by atomic mass is 9.90. The molecule has 5 amide bonds. The predicted molar refractivity (Wildman–Crippen MR) is 291 cm³/mol. The molecule has 3 aromatic rings. The third kappa shape index (κ3) is 17.1. The number of hydrogen-bond acceptors (Lipinski definition) is 11. The number of likely N-dealkylation sites (tertiary alicyclic amines) is 1. The van der Waals surface area contributed by atoms with Gasteiger partial charge < -0.3 is 39.9 Å². The molecule has 1 fully saturated rings. The number of halogens is 2. The molecule has 410 valence electrons. The molecule has 1 aliphatic rings. The average Bonchev–Trinajstić information content (AvgIpc) is 3.96. The Balaban J connectivity index is 1.30. The summed E-state index contributed by atoms with van der Waals surface area (Å²) >= 11 is 13.0. The molecule has 74 heavy (non-hydrogen) atoms. The summed E-state index contributed by atoms with van der Waals surface area (Å²) in [5.74, 6) is -3.42. The smallest absolute Gasteiger partial charge is 0.326 e. The maximum Gasteiger partial charge on any atom is 0.326 e. The SMILES string of the molecule is CCC(C)C(C(CC(=O)N1CCCC1C(OC)C(C)C(=O)NC(Cc1ccccc1)C(=O)O)OC)N(C)C(=O)CNC(=O)C(C(C)C)N(C)CCc1ccc(N(C)C(=O)CCCCCn2sc(Cl)c(Cl)c2=O)cc1. The molecule has 0 aliphatic carbocycles. The number of carbonyl (C=O) groups excluding carboxylic acids is 5. The highest BCUT2D eigenvalue weighted by atomic mass is 35.5. The Hall–Kier alpha value is -4.85. The molecular formula is C54H79Cl2N7O10S. The minimum atomic E-state index is -1.15. The van der Waals surface area contributed by atoms with E-state index < -0.39 is 54.2 Å². The number of nitrogens with zero attached hydrogens (tertiary/aromatic N) is 5. The Labute approximate surface area is 451 Å². The number of amides is 5. The topological polar surface area (TPSA) is 200 Å². The minimum absolute atomic E-state index is 0.00882. The Bertz CT molecular complexity index is 2370. The number of aliphatic carboxylic acids is 1. The van der Waals surface area contributed by atoms with Crippen LogP contribution in [0.2, 0.25) is 9.36 Å². The van der Waals surface area contributed by atoms with Gasteiger partial charge in [0.2, 0.25) is 29.5 Å². The molecule has 2 aromatic carbocycles. The van der Waals surface area contributed by atoms with Crippen molar-refractivity contribution in [1.82, 2.24) is 29.3 Å². The molecule has 3 N–H and O–H groups in total. The summed E-state index contributed by atoms with van der Waals surface area (Å²) in [4.78, 5) is 99.8. The van der Waals surface area contributed by atoms with Crippen molar-refractivity contribution in [3.63, 3.8) is 0 Å². The molecule has 0 radical (unpaired) electrons. The highest BCUT2D eigenvalue weighted by Crippen LogP contribution is 2.30. The van der Waals surface area contributed by atoms with Gasteiger partial charge in [-0.15, -0.1) is 0 Å². The number of anilines is 1. The van der Waals surface area contributed by atoms with Gasteiger partial charge >= 0.3 is 5.97 Å². The predicted octanol–water partition coefficient (Wildman–Crippen LogP) is 6.79. The zero-order valence-electron chi connectivity index (χ0n) is 44.8. The number of carboxylic acid groups (broad SMARTS) is 1. The minimum Gasteiger partial charge on any atom is -0.480 e.